The SMILES string of the molecule is CC1(OCC2CO2)C=Cc2ccccc2C=C1. The molecule has 0 amide bonds. The molecule has 1 aliphatic carbocycles. The van der Waals surface area contributed by atoms with Crippen molar-refractivity contribution in [1.82, 2.24) is 0 Å². The lowest BCUT2D eigenvalue weighted by Crippen LogP contribution is -2.25. The highest BCUT2D eigenvalue weighted by Crippen LogP contribution is 2.25. The lowest BCUT2D eigenvalue weighted by molar-refractivity contribution is 0.0323. The molecular formula is C15H16O2. The van der Waals surface area contributed by atoms with Crippen LogP contribution in [0.5, 0.6) is 0 Å². The fourth-order valence-corrected chi connectivity index (χ4v) is 1.91. The van der Waals surface area contributed by atoms with E-state index in [1.165, 1.54) is 11.1 Å². The molecule has 1 heterocycles. The van der Waals surface area contributed by atoms with Crippen molar-refractivity contribution in [2.24, 2.45) is 0 Å². The van der Waals surface area contributed by atoms with Gasteiger partial charge in [-0.2, -0.15) is 0 Å². The number of epoxide rings is 1. The molecule has 1 atom stereocenters. The van der Waals surface area contributed by atoms with Gasteiger partial charge in [-0.15, -0.1) is 0 Å². The summed E-state index contributed by atoms with van der Waals surface area (Å²) >= 11 is 0. The molecule has 2 nitrogen and oxygen atoms in total. The third-order valence-electron chi connectivity index (χ3n) is 3.17. The van der Waals surface area contributed by atoms with Crippen LogP contribution in [0.25, 0.3) is 12.2 Å². The van der Waals surface area contributed by atoms with E-state index in [2.05, 4.69) is 55.5 Å². The Morgan fingerprint density at radius 3 is 2.35 bits per heavy atom. The van der Waals surface area contributed by atoms with Crippen LogP contribution in [0, 0.1) is 0 Å². The maximum Gasteiger partial charge on any atom is 0.104 e. The Hall–Kier alpha value is -1.38. The third kappa shape index (κ3) is 2.48. The van der Waals surface area contributed by atoms with E-state index in [1.54, 1.807) is 0 Å². The second-order valence-electron chi connectivity index (χ2n) is 4.75. The first-order chi connectivity index (χ1) is 8.25. The van der Waals surface area contributed by atoms with Gasteiger partial charge in [0, 0.05) is 0 Å². The molecular weight excluding hydrogens is 212 g/mol. The van der Waals surface area contributed by atoms with Crippen molar-refractivity contribution in [3.05, 3.63) is 47.5 Å². The van der Waals surface area contributed by atoms with Crippen molar-refractivity contribution in [3.63, 3.8) is 0 Å². The van der Waals surface area contributed by atoms with Gasteiger partial charge in [-0.3, -0.25) is 0 Å². The molecule has 1 fully saturated rings. The van der Waals surface area contributed by atoms with E-state index in [4.69, 9.17) is 9.47 Å². The zero-order chi connectivity index (χ0) is 11.7. The minimum atomic E-state index is -0.328. The van der Waals surface area contributed by atoms with Crippen LogP contribution in [0.1, 0.15) is 18.1 Å². The average molecular weight is 228 g/mol. The van der Waals surface area contributed by atoms with Crippen molar-refractivity contribution in [2.45, 2.75) is 18.6 Å². The van der Waals surface area contributed by atoms with Gasteiger partial charge >= 0.3 is 0 Å². The monoisotopic (exact) mass is 228 g/mol. The molecule has 0 radical (unpaired) electrons. The molecule has 0 saturated carbocycles. The molecule has 2 heteroatoms. The smallest absolute Gasteiger partial charge is 0.104 e. The summed E-state index contributed by atoms with van der Waals surface area (Å²) in [6, 6.07) is 8.34. The molecule has 1 aromatic carbocycles. The molecule has 1 aliphatic heterocycles. The lowest BCUT2D eigenvalue weighted by Gasteiger charge is -2.21. The molecule has 3 rings (SSSR count). The topological polar surface area (TPSA) is 21.8 Å². The highest BCUT2D eigenvalue weighted by atomic mass is 16.6. The fraction of sp³-hybridized carbons (Fsp3) is 0.333. The maximum absolute atomic E-state index is 5.91. The van der Waals surface area contributed by atoms with E-state index in [9.17, 15) is 0 Å². The van der Waals surface area contributed by atoms with Crippen molar-refractivity contribution in [2.75, 3.05) is 13.2 Å². The standard InChI is InChI=1S/C15H16O2/c1-15(17-11-14-10-16-14)8-6-12-4-2-3-5-13(12)7-9-15/h2-9,14H,10-11H2,1H3. The van der Waals surface area contributed by atoms with Crippen LogP contribution in [0.15, 0.2) is 36.4 Å². The third-order valence-corrected chi connectivity index (χ3v) is 3.17. The largest absolute Gasteiger partial charge is 0.371 e. The molecule has 2 aliphatic rings. The number of fused-ring (bicyclic) bond motifs is 1. The highest BCUT2D eigenvalue weighted by Gasteiger charge is 2.27. The molecule has 1 unspecified atom stereocenters. The Labute approximate surface area is 102 Å². The van der Waals surface area contributed by atoms with E-state index in [-0.39, 0.29) is 5.60 Å². The zero-order valence-corrected chi connectivity index (χ0v) is 9.93. The first-order valence-corrected chi connectivity index (χ1v) is 5.98. The summed E-state index contributed by atoms with van der Waals surface area (Å²) in [6.45, 7) is 3.58. The summed E-state index contributed by atoms with van der Waals surface area (Å²) in [4.78, 5) is 0. The number of rotatable bonds is 3. The normalized spacial score (nSPS) is 24.2. The Morgan fingerprint density at radius 2 is 1.82 bits per heavy atom. The number of hydrogen-bond acceptors (Lipinski definition) is 2. The molecule has 0 spiro atoms. The Balaban J connectivity index is 1.81. The minimum Gasteiger partial charge on any atom is -0.371 e. The minimum absolute atomic E-state index is 0.305. The Kier molecular flexibility index (Phi) is 2.61. The van der Waals surface area contributed by atoms with Gasteiger partial charge in [0.15, 0.2) is 0 Å². The second-order valence-corrected chi connectivity index (χ2v) is 4.75. The van der Waals surface area contributed by atoms with Gasteiger partial charge in [0.1, 0.15) is 11.7 Å². The van der Waals surface area contributed by atoms with Crippen LogP contribution in [0.4, 0.5) is 0 Å². The van der Waals surface area contributed by atoms with Gasteiger partial charge in [-0.25, -0.2) is 0 Å². The van der Waals surface area contributed by atoms with Crippen LogP contribution >= 0.6 is 0 Å². The summed E-state index contributed by atoms with van der Waals surface area (Å²) in [7, 11) is 0. The van der Waals surface area contributed by atoms with Crippen molar-refractivity contribution in [1.29, 1.82) is 0 Å². The van der Waals surface area contributed by atoms with E-state index >= 15 is 0 Å². The average Bonchev–Trinajstić information content (AvgIpc) is 3.16. The first-order valence-electron chi connectivity index (χ1n) is 5.98. The fourth-order valence-electron chi connectivity index (χ4n) is 1.91. The van der Waals surface area contributed by atoms with Crippen LogP contribution in [0.3, 0.4) is 0 Å². The molecule has 1 saturated heterocycles. The van der Waals surface area contributed by atoms with Gasteiger partial charge in [0.25, 0.3) is 0 Å². The van der Waals surface area contributed by atoms with Crippen molar-refractivity contribution >= 4 is 12.2 Å². The predicted octanol–water partition coefficient (Wildman–Crippen LogP) is 2.90. The molecule has 0 bridgehead atoms. The highest BCUT2D eigenvalue weighted by molar-refractivity contribution is 5.69. The van der Waals surface area contributed by atoms with Crippen LogP contribution in [-0.4, -0.2) is 24.9 Å². The predicted molar refractivity (Wildman–Crippen MR) is 68.6 cm³/mol. The molecule has 17 heavy (non-hydrogen) atoms. The van der Waals surface area contributed by atoms with Crippen LogP contribution in [0.2, 0.25) is 0 Å². The van der Waals surface area contributed by atoms with Crippen molar-refractivity contribution < 1.29 is 9.47 Å². The number of hydrogen-bond donors (Lipinski definition) is 0. The van der Waals surface area contributed by atoms with E-state index < -0.39 is 0 Å². The Morgan fingerprint density at radius 1 is 1.24 bits per heavy atom. The molecule has 88 valence electrons. The van der Waals surface area contributed by atoms with E-state index in [0.29, 0.717) is 12.7 Å². The Bertz CT molecular complexity index is 437. The van der Waals surface area contributed by atoms with Crippen LogP contribution < -0.4 is 0 Å². The van der Waals surface area contributed by atoms with E-state index in [0.717, 1.165) is 6.61 Å². The first kappa shape index (κ1) is 10.8. The van der Waals surface area contributed by atoms with E-state index in [1.807, 2.05) is 0 Å². The maximum atomic E-state index is 5.91. The molecule has 0 aromatic heterocycles. The summed E-state index contributed by atoms with van der Waals surface area (Å²) < 4.78 is 11.1. The van der Waals surface area contributed by atoms with Gasteiger partial charge in [0.2, 0.25) is 0 Å². The zero-order valence-electron chi connectivity index (χ0n) is 9.93. The molecule has 0 N–H and O–H groups in total. The molecule has 1 aromatic rings. The van der Waals surface area contributed by atoms with Gasteiger partial charge in [-0.05, 0) is 30.2 Å². The second kappa shape index (κ2) is 4.13. The summed E-state index contributed by atoms with van der Waals surface area (Å²) in [5, 5.41) is 0. The van der Waals surface area contributed by atoms with Crippen LogP contribution in [-0.2, 0) is 9.47 Å². The number of ether oxygens (including phenoxy) is 2. The quantitative estimate of drug-likeness (QED) is 0.742. The van der Waals surface area contributed by atoms with Crippen molar-refractivity contribution in [3.8, 4) is 0 Å². The summed E-state index contributed by atoms with van der Waals surface area (Å²) in [6.07, 6.45) is 8.78. The van der Waals surface area contributed by atoms with Gasteiger partial charge in [0.05, 0.1) is 13.2 Å². The summed E-state index contributed by atoms with van der Waals surface area (Å²) in [5.41, 5.74) is 2.14. The lowest BCUT2D eigenvalue weighted by atomic mass is 10.1. The van der Waals surface area contributed by atoms with Gasteiger partial charge < -0.3 is 9.47 Å². The van der Waals surface area contributed by atoms with Gasteiger partial charge in [-0.1, -0.05) is 36.4 Å². The summed E-state index contributed by atoms with van der Waals surface area (Å²) in [5.74, 6) is 0. The number of benzene rings is 1.